The highest BCUT2D eigenvalue weighted by Crippen LogP contribution is 2.39. The number of H-pyrrole nitrogens is 2. The third-order valence-electron chi connectivity index (χ3n) is 5.55. The number of fused-ring (bicyclic) bond motifs is 1. The van der Waals surface area contributed by atoms with E-state index in [0.29, 0.717) is 21.2 Å². The molecule has 35 heavy (non-hydrogen) atoms. The van der Waals surface area contributed by atoms with Gasteiger partial charge >= 0.3 is 5.69 Å². The van der Waals surface area contributed by atoms with Gasteiger partial charge in [0, 0.05) is 26.7 Å². The van der Waals surface area contributed by atoms with E-state index in [9.17, 15) is 14.7 Å². The van der Waals surface area contributed by atoms with Gasteiger partial charge in [0.25, 0.3) is 5.56 Å². The van der Waals surface area contributed by atoms with Crippen LogP contribution in [0.5, 0.6) is 5.88 Å². The van der Waals surface area contributed by atoms with Crippen LogP contribution in [0.15, 0.2) is 99.5 Å². The normalized spacial score (nSPS) is 14.2. The topological polar surface area (TPSA) is 98.3 Å². The molecule has 0 spiro atoms. The average Bonchev–Trinajstić information content (AvgIpc) is 3.19. The first-order chi connectivity index (χ1) is 16.9. The number of nitrogens with one attached hydrogen (secondary N) is 2. The van der Waals surface area contributed by atoms with Crippen LogP contribution in [0.4, 0.5) is 5.69 Å². The molecular weight excluding hydrogens is 485 g/mol. The number of allylic oxidation sites excluding steroid dienone is 3. The average molecular weight is 502 g/mol. The Morgan fingerprint density at radius 2 is 1.60 bits per heavy atom. The van der Waals surface area contributed by atoms with Gasteiger partial charge in [-0.1, -0.05) is 77.8 Å². The van der Waals surface area contributed by atoms with E-state index < -0.39 is 17.1 Å². The minimum atomic E-state index is -0.803. The van der Waals surface area contributed by atoms with Gasteiger partial charge in [0.05, 0.1) is 11.4 Å². The first-order valence-electron chi connectivity index (χ1n) is 10.6. The van der Waals surface area contributed by atoms with E-state index in [-0.39, 0.29) is 5.56 Å². The van der Waals surface area contributed by atoms with Crippen molar-refractivity contribution in [1.29, 1.82) is 0 Å². The maximum absolute atomic E-state index is 12.7. The fourth-order valence-electron chi connectivity index (χ4n) is 3.96. The second kappa shape index (κ2) is 9.25. The zero-order valence-corrected chi connectivity index (χ0v) is 19.6. The van der Waals surface area contributed by atoms with Crippen LogP contribution >= 0.6 is 23.2 Å². The zero-order valence-electron chi connectivity index (χ0n) is 18.0. The molecule has 8 heteroatoms. The molecule has 3 N–H and O–H groups in total. The number of benzene rings is 3. The number of nitrogens with zero attached hydrogens (tertiary/aromatic N) is 1. The van der Waals surface area contributed by atoms with Gasteiger partial charge in [-0.05, 0) is 41.5 Å². The van der Waals surface area contributed by atoms with E-state index in [1.807, 2.05) is 48.5 Å². The van der Waals surface area contributed by atoms with Crippen LogP contribution < -0.4 is 11.2 Å². The van der Waals surface area contributed by atoms with E-state index in [2.05, 4.69) is 9.97 Å². The van der Waals surface area contributed by atoms with Crippen LogP contribution in [0.3, 0.4) is 0 Å². The Morgan fingerprint density at radius 3 is 2.31 bits per heavy atom. The molecule has 0 bridgehead atoms. The third-order valence-corrected chi connectivity index (χ3v) is 6.03. The largest absolute Gasteiger partial charge is 0.494 e. The van der Waals surface area contributed by atoms with Gasteiger partial charge < -0.3 is 5.11 Å². The van der Waals surface area contributed by atoms with Crippen molar-refractivity contribution in [2.24, 2.45) is 4.99 Å². The molecule has 0 atom stereocenters. The minimum Gasteiger partial charge on any atom is -0.494 e. The summed E-state index contributed by atoms with van der Waals surface area (Å²) in [4.78, 5) is 33.6. The molecular formula is C27H17Cl2N3O3. The number of aromatic hydroxyl groups is 1. The lowest BCUT2D eigenvalue weighted by Gasteiger charge is -2.10. The van der Waals surface area contributed by atoms with Crippen molar-refractivity contribution in [3.63, 3.8) is 0 Å². The number of aromatic nitrogens is 2. The van der Waals surface area contributed by atoms with Gasteiger partial charge in [0.1, 0.15) is 5.56 Å². The maximum Gasteiger partial charge on any atom is 0.328 e. The van der Waals surface area contributed by atoms with Gasteiger partial charge in [-0.3, -0.25) is 14.8 Å². The Hall–Kier alpha value is -4.13. The number of aliphatic imine (C=N–C) groups is 1. The van der Waals surface area contributed by atoms with Gasteiger partial charge in [-0.25, -0.2) is 9.79 Å². The summed E-state index contributed by atoms with van der Waals surface area (Å²) in [5, 5.41) is 11.6. The van der Waals surface area contributed by atoms with Gasteiger partial charge in [0.2, 0.25) is 5.88 Å². The number of hydrogen-bond acceptors (Lipinski definition) is 4. The van der Waals surface area contributed by atoms with Crippen LogP contribution in [0.1, 0.15) is 22.3 Å². The minimum absolute atomic E-state index is 0.0775. The van der Waals surface area contributed by atoms with Crippen molar-refractivity contribution in [3.05, 3.63) is 138 Å². The predicted molar refractivity (Wildman–Crippen MR) is 140 cm³/mol. The number of aromatic amines is 2. The van der Waals surface area contributed by atoms with Gasteiger partial charge in [-0.15, -0.1) is 0 Å². The fraction of sp³-hybridized carbons (Fsp3) is 0. The van der Waals surface area contributed by atoms with Crippen LogP contribution in [-0.2, 0) is 0 Å². The lowest BCUT2D eigenvalue weighted by molar-refractivity contribution is 0.446. The third kappa shape index (κ3) is 4.49. The molecule has 5 rings (SSSR count). The van der Waals surface area contributed by atoms with Gasteiger partial charge in [0.15, 0.2) is 0 Å². The first kappa shape index (κ1) is 22.7. The van der Waals surface area contributed by atoms with Crippen molar-refractivity contribution in [2.75, 3.05) is 0 Å². The number of halogens is 2. The molecule has 0 saturated carbocycles. The van der Waals surface area contributed by atoms with E-state index in [0.717, 1.165) is 28.1 Å². The van der Waals surface area contributed by atoms with E-state index in [4.69, 9.17) is 28.2 Å². The molecule has 6 nitrogen and oxygen atoms in total. The monoisotopic (exact) mass is 501 g/mol. The van der Waals surface area contributed by atoms with E-state index in [1.54, 1.807) is 36.4 Å². The van der Waals surface area contributed by atoms with Crippen molar-refractivity contribution in [3.8, 4) is 5.88 Å². The highest BCUT2D eigenvalue weighted by molar-refractivity contribution is 6.37. The molecule has 0 unspecified atom stereocenters. The van der Waals surface area contributed by atoms with E-state index >= 15 is 0 Å². The Morgan fingerprint density at radius 1 is 0.886 bits per heavy atom. The SMILES string of the molecule is O=c1[nH]c(O)c(/C(=C/C=C2/C(c3ccccc3)=Nc3ccc(Cl)cc32)c2ccc(Cl)cc2)c(=O)[nH]1. The summed E-state index contributed by atoms with van der Waals surface area (Å²) in [5.74, 6) is -0.537. The lowest BCUT2D eigenvalue weighted by Crippen LogP contribution is -2.24. The molecule has 1 aliphatic rings. The molecule has 3 aromatic carbocycles. The summed E-state index contributed by atoms with van der Waals surface area (Å²) >= 11 is 12.3. The maximum atomic E-state index is 12.7. The van der Waals surface area contributed by atoms with Crippen LogP contribution in [0, 0.1) is 0 Å². The summed E-state index contributed by atoms with van der Waals surface area (Å²) in [5.41, 5.74) is 3.45. The summed E-state index contributed by atoms with van der Waals surface area (Å²) in [6.45, 7) is 0. The van der Waals surface area contributed by atoms with Crippen molar-refractivity contribution in [2.45, 2.75) is 0 Å². The Balaban J connectivity index is 1.75. The van der Waals surface area contributed by atoms with Crippen molar-refractivity contribution in [1.82, 2.24) is 9.97 Å². The molecule has 172 valence electrons. The lowest BCUT2D eigenvalue weighted by atomic mass is 9.94. The second-order valence-electron chi connectivity index (χ2n) is 7.79. The molecule has 0 aliphatic carbocycles. The first-order valence-corrected chi connectivity index (χ1v) is 11.3. The molecule has 0 amide bonds. The highest BCUT2D eigenvalue weighted by Gasteiger charge is 2.23. The Kier molecular flexibility index (Phi) is 5.99. The van der Waals surface area contributed by atoms with Crippen molar-refractivity contribution >= 4 is 45.7 Å². The molecule has 2 heterocycles. The van der Waals surface area contributed by atoms with Crippen molar-refractivity contribution < 1.29 is 5.11 Å². The Bertz CT molecular complexity index is 1650. The zero-order chi connectivity index (χ0) is 24.5. The molecule has 0 saturated heterocycles. The molecule has 0 radical (unpaired) electrons. The quantitative estimate of drug-likeness (QED) is 0.333. The fourth-order valence-corrected chi connectivity index (χ4v) is 4.26. The standard InChI is InChI=1S/C27H17Cl2N3O3/c28-17-8-6-15(7-9-17)19(23-25(33)31-27(35)32-26(23)34)11-12-20-21-14-18(29)10-13-22(21)30-24(20)16-4-2-1-3-5-16/h1-14H,(H3,31,32,33,34,35)/b19-11+,20-12+. The summed E-state index contributed by atoms with van der Waals surface area (Å²) < 4.78 is 0. The summed E-state index contributed by atoms with van der Waals surface area (Å²) in [6.07, 6.45) is 3.53. The number of hydrogen-bond donors (Lipinski definition) is 3. The molecule has 4 aromatic rings. The summed E-state index contributed by atoms with van der Waals surface area (Å²) in [7, 11) is 0. The van der Waals surface area contributed by atoms with Gasteiger partial charge in [-0.2, -0.15) is 0 Å². The highest BCUT2D eigenvalue weighted by atomic mass is 35.5. The Labute approximate surface area is 209 Å². The smallest absolute Gasteiger partial charge is 0.328 e. The molecule has 1 aromatic heterocycles. The predicted octanol–water partition coefficient (Wildman–Crippen LogP) is 5.73. The van der Waals surface area contributed by atoms with Crippen LogP contribution in [0.25, 0.3) is 11.1 Å². The number of rotatable bonds is 4. The van der Waals surface area contributed by atoms with Crippen LogP contribution in [-0.4, -0.2) is 20.8 Å². The summed E-state index contributed by atoms with van der Waals surface area (Å²) in [6, 6.07) is 22.0. The molecule has 0 fully saturated rings. The van der Waals surface area contributed by atoms with E-state index in [1.165, 1.54) is 0 Å². The second-order valence-corrected chi connectivity index (χ2v) is 8.66. The molecule has 1 aliphatic heterocycles. The van der Waals surface area contributed by atoms with Crippen LogP contribution in [0.2, 0.25) is 10.0 Å².